The Morgan fingerprint density at radius 2 is 2.00 bits per heavy atom. The standard InChI is InChI=1S/C10H8FNO4/c11-6-1-2-7(8(13)5-6)12-9(14)3-4-10(15)16/h1-5,13H,(H,12,14)(H,15,16). The lowest BCUT2D eigenvalue weighted by Gasteiger charge is -2.04. The van der Waals surface area contributed by atoms with Crippen molar-refractivity contribution < 1.29 is 24.2 Å². The third kappa shape index (κ3) is 3.41. The zero-order chi connectivity index (χ0) is 12.1. The number of nitrogens with one attached hydrogen (secondary N) is 1. The lowest BCUT2D eigenvalue weighted by atomic mass is 10.3. The summed E-state index contributed by atoms with van der Waals surface area (Å²) in [5, 5.41) is 19.7. The average molecular weight is 225 g/mol. The molecule has 0 atom stereocenters. The summed E-state index contributed by atoms with van der Waals surface area (Å²) in [4.78, 5) is 21.2. The highest BCUT2D eigenvalue weighted by Gasteiger charge is 2.05. The molecule has 6 heteroatoms. The van der Waals surface area contributed by atoms with Gasteiger partial charge in [-0.05, 0) is 12.1 Å². The number of amides is 1. The fraction of sp³-hybridized carbons (Fsp3) is 0. The molecule has 0 spiro atoms. The van der Waals surface area contributed by atoms with Crippen LogP contribution in [0.3, 0.4) is 0 Å². The molecule has 0 saturated carbocycles. The van der Waals surface area contributed by atoms with E-state index in [9.17, 15) is 19.1 Å². The topological polar surface area (TPSA) is 86.6 Å². The van der Waals surface area contributed by atoms with E-state index >= 15 is 0 Å². The second-order valence-corrected chi connectivity index (χ2v) is 2.82. The first-order valence-electron chi connectivity index (χ1n) is 4.19. The fourth-order valence-corrected chi connectivity index (χ4v) is 0.932. The number of phenolic OH excluding ortho intramolecular Hbond substituents is 1. The van der Waals surface area contributed by atoms with Crippen LogP contribution in [0.4, 0.5) is 10.1 Å². The molecule has 84 valence electrons. The number of halogens is 1. The zero-order valence-corrected chi connectivity index (χ0v) is 7.98. The van der Waals surface area contributed by atoms with Crippen molar-refractivity contribution in [3.05, 3.63) is 36.2 Å². The molecule has 0 bridgehead atoms. The minimum absolute atomic E-state index is 0.00133. The Morgan fingerprint density at radius 3 is 2.56 bits per heavy atom. The molecule has 0 heterocycles. The van der Waals surface area contributed by atoms with E-state index in [1.54, 1.807) is 0 Å². The quantitative estimate of drug-likeness (QED) is 0.531. The van der Waals surface area contributed by atoms with Crippen molar-refractivity contribution >= 4 is 17.6 Å². The molecule has 0 aromatic heterocycles. The number of hydrogen-bond donors (Lipinski definition) is 3. The average Bonchev–Trinajstić information content (AvgIpc) is 2.19. The van der Waals surface area contributed by atoms with Gasteiger partial charge in [-0.2, -0.15) is 0 Å². The van der Waals surface area contributed by atoms with Gasteiger partial charge in [-0.25, -0.2) is 9.18 Å². The van der Waals surface area contributed by atoms with Gasteiger partial charge in [0.15, 0.2) is 0 Å². The molecule has 0 saturated heterocycles. The van der Waals surface area contributed by atoms with Gasteiger partial charge in [-0.15, -0.1) is 0 Å². The zero-order valence-electron chi connectivity index (χ0n) is 7.98. The van der Waals surface area contributed by atoms with Crippen molar-refractivity contribution in [1.29, 1.82) is 0 Å². The minimum Gasteiger partial charge on any atom is -0.506 e. The highest BCUT2D eigenvalue weighted by atomic mass is 19.1. The van der Waals surface area contributed by atoms with Gasteiger partial charge in [0.25, 0.3) is 0 Å². The van der Waals surface area contributed by atoms with Gasteiger partial charge in [0.1, 0.15) is 11.6 Å². The molecule has 1 aromatic rings. The van der Waals surface area contributed by atoms with Crippen molar-refractivity contribution in [3.8, 4) is 5.75 Å². The second-order valence-electron chi connectivity index (χ2n) is 2.82. The SMILES string of the molecule is O=C(O)C=CC(=O)Nc1ccc(F)cc1O. The predicted octanol–water partition coefficient (Wildman–Crippen LogP) is 1.11. The number of anilines is 1. The van der Waals surface area contributed by atoms with E-state index in [1.165, 1.54) is 0 Å². The number of carboxylic acids is 1. The number of benzene rings is 1. The van der Waals surface area contributed by atoms with Crippen molar-refractivity contribution in [2.24, 2.45) is 0 Å². The molecule has 16 heavy (non-hydrogen) atoms. The fourth-order valence-electron chi connectivity index (χ4n) is 0.932. The number of carboxylic acid groups (broad SMARTS) is 1. The Hall–Kier alpha value is -2.37. The number of hydrogen-bond acceptors (Lipinski definition) is 3. The van der Waals surface area contributed by atoms with Crippen LogP contribution < -0.4 is 5.32 Å². The van der Waals surface area contributed by atoms with Crippen LogP contribution >= 0.6 is 0 Å². The van der Waals surface area contributed by atoms with Crippen LogP contribution in [-0.4, -0.2) is 22.1 Å². The molecule has 0 unspecified atom stereocenters. The van der Waals surface area contributed by atoms with Crippen molar-refractivity contribution in [3.63, 3.8) is 0 Å². The highest BCUT2D eigenvalue weighted by Crippen LogP contribution is 2.23. The lowest BCUT2D eigenvalue weighted by molar-refractivity contribution is -0.131. The Balaban J connectivity index is 2.73. The molecule has 0 fully saturated rings. The van der Waals surface area contributed by atoms with E-state index in [2.05, 4.69) is 5.32 Å². The number of phenols is 1. The predicted molar refractivity (Wildman–Crippen MR) is 53.5 cm³/mol. The Bertz CT molecular complexity index is 456. The second kappa shape index (κ2) is 4.92. The molecule has 0 aliphatic rings. The van der Waals surface area contributed by atoms with E-state index in [0.29, 0.717) is 6.08 Å². The Kier molecular flexibility index (Phi) is 3.60. The molecular formula is C10H8FNO4. The minimum atomic E-state index is -1.27. The number of aromatic hydroxyl groups is 1. The molecule has 0 aliphatic heterocycles. The summed E-state index contributed by atoms with van der Waals surface area (Å²) in [5.41, 5.74) is 0.00133. The summed E-state index contributed by atoms with van der Waals surface area (Å²) in [6.45, 7) is 0. The largest absolute Gasteiger partial charge is 0.506 e. The smallest absolute Gasteiger partial charge is 0.328 e. The van der Waals surface area contributed by atoms with Gasteiger partial charge in [0.05, 0.1) is 5.69 Å². The first-order chi connectivity index (χ1) is 7.49. The maximum atomic E-state index is 12.6. The molecule has 0 aliphatic carbocycles. The van der Waals surface area contributed by atoms with Crippen LogP contribution in [0.15, 0.2) is 30.4 Å². The Morgan fingerprint density at radius 1 is 1.31 bits per heavy atom. The summed E-state index contributed by atoms with van der Waals surface area (Å²) >= 11 is 0. The maximum absolute atomic E-state index is 12.6. The van der Waals surface area contributed by atoms with E-state index in [4.69, 9.17) is 5.11 Å². The summed E-state index contributed by atoms with van der Waals surface area (Å²) in [6, 6.07) is 3.05. The highest BCUT2D eigenvalue weighted by molar-refractivity contribution is 6.02. The molecule has 1 amide bonds. The maximum Gasteiger partial charge on any atom is 0.328 e. The summed E-state index contributed by atoms with van der Waals surface area (Å²) in [6.07, 6.45) is 1.43. The van der Waals surface area contributed by atoms with Crippen LogP contribution in [0.2, 0.25) is 0 Å². The van der Waals surface area contributed by atoms with Crippen LogP contribution in [0.5, 0.6) is 5.75 Å². The molecule has 5 nitrogen and oxygen atoms in total. The molecule has 0 radical (unpaired) electrons. The lowest BCUT2D eigenvalue weighted by Crippen LogP contribution is -2.08. The van der Waals surface area contributed by atoms with Crippen LogP contribution in [-0.2, 0) is 9.59 Å². The summed E-state index contributed by atoms with van der Waals surface area (Å²) in [5.74, 6) is -3.07. The van der Waals surface area contributed by atoms with Gasteiger partial charge in [-0.1, -0.05) is 0 Å². The number of rotatable bonds is 3. The number of carbonyl (C=O) groups is 2. The monoisotopic (exact) mass is 225 g/mol. The van der Waals surface area contributed by atoms with E-state index < -0.39 is 23.4 Å². The summed E-state index contributed by atoms with van der Waals surface area (Å²) in [7, 11) is 0. The van der Waals surface area contributed by atoms with Crippen molar-refractivity contribution in [2.75, 3.05) is 5.32 Å². The van der Waals surface area contributed by atoms with Crippen LogP contribution in [0, 0.1) is 5.82 Å². The van der Waals surface area contributed by atoms with Gasteiger partial charge < -0.3 is 15.5 Å². The van der Waals surface area contributed by atoms with Gasteiger partial charge >= 0.3 is 5.97 Å². The third-order valence-electron chi connectivity index (χ3n) is 1.59. The van der Waals surface area contributed by atoms with Crippen molar-refractivity contribution in [1.82, 2.24) is 0 Å². The van der Waals surface area contributed by atoms with Gasteiger partial charge in [0, 0.05) is 18.2 Å². The molecule has 1 aromatic carbocycles. The number of aliphatic carboxylic acids is 1. The van der Waals surface area contributed by atoms with Crippen molar-refractivity contribution in [2.45, 2.75) is 0 Å². The van der Waals surface area contributed by atoms with E-state index in [1.807, 2.05) is 0 Å². The van der Waals surface area contributed by atoms with Crippen LogP contribution in [0.25, 0.3) is 0 Å². The van der Waals surface area contributed by atoms with E-state index in [0.717, 1.165) is 24.3 Å². The van der Waals surface area contributed by atoms with Gasteiger partial charge in [-0.3, -0.25) is 4.79 Å². The third-order valence-corrected chi connectivity index (χ3v) is 1.59. The molecule has 1 rings (SSSR count). The number of carbonyl (C=O) groups excluding carboxylic acids is 1. The molecule has 3 N–H and O–H groups in total. The first kappa shape index (κ1) is 11.7. The van der Waals surface area contributed by atoms with Gasteiger partial charge in [0.2, 0.25) is 5.91 Å². The first-order valence-corrected chi connectivity index (χ1v) is 4.19. The molecular weight excluding hydrogens is 217 g/mol. The summed E-state index contributed by atoms with van der Waals surface area (Å²) < 4.78 is 12.6. The Labute approximate surface area is 89.8 Å². The van der Waals surface area contributed by atoms with E-state index in [-0.39, 0.29) is 5.69 Å². The van der Waals surface area contributed by atoms with Crippen LogP contribution in [0.1, 0.15) is 0 Å². The normalized spacial score (nSPS) is 10.3.